The number of aromatic nitrogens is 1. The number of benzene rings is 2. The molecule has 3 aromatic rings. The number of fused-ring (bicyclic) bond motifs is 1. The highest BCUT2D eigenvalue weighted by Crippen LogP contribution is 2.36. The molecule has 0 radical (unpaired) electrons. The van der Waals surface area contributed by atoms with Gasteiger partial charge in [0.2, 0.25) is 0 Å². The zero-order valence-corrected chi connectivity index (χ0v) is 14.6. The van der Waals surface area contributed by atoms with Gasteiger partial charge in [0.15, 0.2) is 16.1 Å². The number of phenols is 1. The lowest BCUT2D eigenvalue weighted by Gasteiger charge is -2.18. The monoisotopic (exact) mass is 366 g/mol. The first-order valence-corrected chi connectivity index (χ1v) is 8.82. The third kappa shape index (κ3) is 3.47. The lowest BCUT2D eigenvalue weighted by atomic mass is 10.1. The molecular formula is C18H14N4OS2. The minimum Gasteiger partial charge on any atom is -0.508 e. The van der Waals surface area contributed by atoms with E-state index >= 15 is 0 Å². The maximum atomic E-state index is 9.42. The Morgan fingerprint density at radius 3 is 2.56 bits per heavy atom. The maximum absolute atomic E-state index is 9.42. The highest BCUT2D eigenvalue weighted by atomic mass is 32.1. The summed E-state index contributed by atoms with van der Waals surface area (Å²) >= 11 is 6.81. The van der Waals surface area contributed by atoms with Crippen molar-refractivity contribution in [3.63, 3.8) is 0 Å². The number of anilines is 3. The van der Waals surface area contributed by atoms with Crippen LogP contribution in [0.2, 0.25) is 0 Å². The van der Waals surface area contributed by atoms with E-state index in [4.69, 9.17) is 12.2 Å². The predicted molar refractivity (Wildman–Crippen MR) is 107 cm³/mol. The molecule has 25 heavy (non-hydrogen) atoms. The average molecular weight is 366 g/mol. The van der Waals surface area contributed by atoms with Gasteiger partial charge in [0, 0.05) is 5.69 Å². The SMILES string of the molecule is Oc1ccc(/C=C2/NC(=S)Nc3nc(Nc4ccccc4)sc32)cc1. The second-order valence-corrected chi connectivity index (χ2v) is 6.82. The first-order chi connectivity index (χ1) is 12.2. The first-order valence-electron chi connectivity index (χ1n) is 7.59. The quantitative estimate of drug-likeness (QED) is 0.516. The zero-order valence-electron chi connectivity index (χ0n) is 13.0. The van der Waals surface area contributed by atoms with Gasteiger partial charge in [-0.1, -0.05) is 41.7 Å². The van der Waals surface area contributed by atoms with Gasteiger partial charge in [-0.05, 0) is 48.1 Å². The van der Waals surface area contributed by atoms with E-state index in [2.05, 4.69) is 20.9 Å². The van der Waals surface area contributed by atoms with Gasteiger partial charge in [-0.3, -0.25) is 0 Å². The molecule has 0 unspecified atom stereocenters. The highest BCUT2D eigenvalue weighted by Gasteiger charge is 2.22. The fourth-order valence-corrected chi connectivity index (χ4v) is 3.56. The molecule has 4 rings (SSSR count). The highest BCUT2D eigenvalue weighted by molar-refractivity contribution is 7.80. The minimum absolute atomic E-state index is 0.240. The van der Waals surface area contributed by atoms with Crippen LogP contribution in [-0.2, 0) is 0 Å². The summed E-state index contributed by atoms with van der Waals surface area (Å²) in [4.78, 5) is 5.56. The lowest BCUT2D eigenvalue weighted by Crippen LogP contribution is -2.31. The number of hydrogen-bond acceptors (Lipinski definition) is 5. The Labute approximate surface area is 154 Å². The van der Waals surface area contributed by atoms with E-state index in [-0.39, 0.29) is 5.75 Å². The van der Waals surface area contributed by atoms with Crippen LogP contribution in [0.4, 0.5) is 16.6 Å². The largest absolute Gasteiger partial charge is 0.508 e. The van der Waals surface area contributed by atoms with Crippen molar-refractivity contribution < 1.29 is 5.11 Å². The molecule has 0 atom stereocenters. The van der Waals surface area contributed by atoms with Crippen molar-refractivity contribution in [2.75, 3.05) is 10.6 Å². The first kappa shape index (κ1) is 15.6. The van der Waals surface area contributed by atoms with Crippen LogP contribution in [0.25, 0.3) is 11.8 Å². The van der Waals surface area contributed by atoms with Gasteiger partial charge in [0.1, 0.15) is 5.75 Å². The van der Waals surface area contributed by atoms with Gasteiger partial charge in [0.05, 0.1) is 10.6 Å². The Bertz CT molecular complexity index is 949. The number of phenolic OH excluding ortho intramolecular Hbond substituents is 1. The van der Waals surface area contributed by atoms with Crippen molar-refractivity contribution in [3.05, 3.63) is 65.0 Å². The summed E-state index contributed by atoms with van der Waals surface area (Å²) in [6.07, 6.45) is 1.98. The number of thiazole rings is 1. The number of aromatic hydroxyl groups is 1. The number of hydrogen-bond donors (Lipinski definition) is 4. The fourth-order valence-electron chi connectivity index (χ4n) is 2.44. The average Bonchev–Trinajstić information content (AvgIpc) is 3.00. The van der Waals surface area contributed by atoms with Crippen LogP contribution in [0.3, 0.4) is 0 Å². The zero-order chi connectivity index (χ0) is 17.2. The molecule has 0 bridgehead atoms. The Morgan fingerprint density at radius 1 is 1.04 bits per heavy atom. The molecule has 0 fully saturated rings. The number of nitrogens with zero attached hydrogens (tertiary/aromatic N) is 1. The molecule has 1 aromatic heterocycles. The van der Waals surface area contributed by atoms with Crippen LogP contribution in [0.15, 0.2) is 54.6 Å². The molecule has 7 heteroatoms. The summed E-state index contributed by atoms with van der Waals surface area (Å²) < 4.78 is 0. The summed E-state index contributed by atoms with van der Waals surface area (Å²) in [5.41, 5.74) is 2.82. The molecule has 1 aliphatic heterocycles. The van der Waals surface area contributed by atoms with Crippen LogP contribution < -0.4 is 16.0 Å². The summed E-state index contributed by atoms with van der Waals surface area (Å²) in [5.74, 6) is 0.973. The van der Waals surface area contributed by atoms with Crippen LogP contribution in [0, 0.1) is 0 Å². The molecule has 124 valence electrons. The Kier molecular flexibility index (Phi) is 4.09. The molecule has 5 nitrogen and oxygen atoms in total. The minimum atomic E-state index is 0.240. The third-order valence-electron chi connectivity index (χ3n) is 3.58. The van der Waals surface area contributed by atoms with Crippen molar-refractivity contribution in [1.82, 2.24) is 10.3 Å². The van der Waals surface area contributed by atoms with Crippen LogP contribution in [0.5, 0.6) is 5.75 Å². The molecule has 0 aliphatic carbocycles. The van der Waals surface area contributed by atoms with E-state index in [0.29, 0.717) is 5.11 Å². The Morgan fingerprint density at radius 2 is 1.80 bits per heavy atom. The van der Waals surface area contributed by atoms with E-state index < -0.39 is 0 Å². The van der Waals surface area contributed by atoms with E-state index in [1.165, 1.54) is 11.3 Å². The van der Waals surface area contributed by atoms with Gasteiger partial charge in [-0.2, -0.15) is 0 Å². The normalized spacial score (nSPS) is 14.6. The predicted octanol–water partition coefficient (Wildman–Crippen LogP) is 4.39. The van der Waals surface area contributed by atoms with Crippen LogP contribution in [-0.4, -0.2) is 15.2 Å². The molecule has 0 saturated carbocycles. The fraction of sp³-hybridized carbons (Fsp3) is 0. The summed E-state index contributed by atoms with van der Waals surface area (Å²) in [7, 11) is 0. The van der Waals surface area contributed by atoms with Gasteiger partial charge in [-0.25, -0.2) is 4.98 Å². The number of rotatable bonds is 3. The van der Waals surface area contributed by atoms with E-state index in [9.17, 15) is 5.11 Å². The van der Waals surface area contributed by atoms with Gasteiger partial charge >= 0.3 is 0 Å². The van der Waals surface area contributed by atoms with Gasteiger partial charge in [-0.15, -0.1) is 0 Å². The Balaban J connectivity index is 1.68. The molecule has 1 aliphatic rings. The number of nitrogens with one attached hydrogen (secondary N) is 3. The van der Waals surface area contributed by atoms with E-state index in [1.54, 1.807) is 12.1 Å². The van der Waals surface area contributed by atoms with Crippen LogP contribution >= 0.6 is 23.6 Å². The molecule has 2 heterocycles. The summed E-state index contributed by atoms with van der Waals surface area (Å²) in [6.45, 7) is 0. The van der Waals surface area contributed by atoms with E-state index in [0.717, 1.165) is 32.8 Å². The summed E-state index contributed by atoms with van der Waals surface area (Å²) in [6, 6.07) is 16.9. The van der Waals surface area contributed by atoms with Crippen LogP contribution in [0.1, 0.15) is 10.4 Å². The van der Waals surface area contributed by atoms with Gasteiger partial charge < -0.3 is 21.1 Å². The second kappa shape index (κ2) is 6.54. The van der Waals surface area contributed by atoms with Crippen molar-refractivity contribution in [1.29, 1.82) is 0 Å². The summed E-state index contributed by atoms with van der Waals surface area (Å²) in [5, 5.41) is 20.3. The van der Waals surface area contributed by atoms with E-state index in [1.807, 2.05) is 48.5 Å². The number of para-hydroxylation sites is 1. The van der Waals surface area contributed by atoms with Crippen molar-refractivity contribution >= 4 is 57.1 Å². The molecule has 0 saturated heterocycles. The smallest absolute Gasteiger partial charge is 0.189 e. The third-order valence-corrected chi connectivity index (χ3v) is 4.79. The van der Waals surface area contributed by atoms with Crippen molar-refractivity contribution in [3.8, 4) is 5.75 Å². The number of thiocarbonyl (C=S) groups is 1. The standard InChI is InChI=1S/C18H14N4OS2/c23-13-8-6-11(7-9-13)10-14-15-16(21-17(24)20-14)22-18(25-15)19-12-4-2-1-3-5-12/h1-10,23H,(H,19,22)(H2,20,21,24)/b14-10+. The van der Waals surface area contributed by atoms with Crippen molar-refractivity contribution in [2.24, 2.45) is 0 Å². The molecular weight excluding hydrogens is 352 g/mol. The maximum Gasteiger partial charge on any atom is 0.189 e. The van der Waals surface area contributed by atoms with Gasteiger partial charge in [0.25, 0.3) is 0 Å². The Hall–Kier alpha value is -2.90. The second-order valence-electron chi connectivity index (χ2n) is 5.42. The molecule has 2 aromatic carbocycles. The molecule has 0 spiro atoms. The topological polar surface area (TPSA) is 69.2 Å². The van der Waals surface area contributed by atoms with Crippen molar-refractivity contribution in [2.45, 2.75) is 0 Å². The lowest BCUT2D eigenvalue weighted by molar-refractivity contribution is 0.475. The molecule has 0 amide bonds. The molecule has 4 N–H and O–H groups in total.